The van der Waals surface area contributed by atoms with E-state index in [1.807, 2.05) is 0 Å². The molecule has 21 heavy (non-hydrogen) atoms. The number of sulfonamides is 1. The van der Waals surface area contributed by atoms with E-state index >= 15 is 0 Å². The summed E-state index contributed by atoms with van der Waals surface area (Å²) in [6, 6.07) is 10.4. The van der Waals surface area contributed by atoms with E-state index in [-0.39, 0.29) is 16.5 Å². The summed E-state index contributed by atoms with van der Waals surface area (Å²) >= 11 is 5.66. The summed E-state index contributed by atoms with van der Waals surface area (Å²) in [5.74, 6) is -0.536. The normalized spacial score (nSPS) is 11.4. The summed E-state index contributed by atoms with van der Waals surface area (Å²) in [6.45, 7) is 0.0378. The summed E-state index contributed by atoms with van der Waals surface area (Å²) in [6.07, 6.45) is 0. The zero-order valence-corrected chi connectivity index (χ0v) is 12.8. The molecule has 7 heteroatoms. The average molecular weight is 329 g/mol. The molecule has 112 valence electrons. The van der Waals surface area contributed by atoms with E-state index in [4.69, 9.17) is 11.6 Å². The van der Waals surface area contributed by atoms with E-state index < -0.39 is 15.8 Å². The third-order valence-corrected chi connectivity index (χ3v) is 4.61. The molecule has 0 saturated carbocycles. The molecule has 0 amide bonds. The smallest absolute Gasteiger partial charge is 0.240 e. The van der Waals surface area contributed by atoms with Gasteiger partial charge >= 0.3 is 0 Å². The van der Waals surface area contributed by atoms with Gasteiger partial charge in [-0.2, -0.15) is 0 Å². The average Bonchev–Trinajstić information content (AvgIpc) is 2.48. The summed E-state index contributed by atoms with van der Waals surface area (Å²) in [4.78, 5) is 0.162. The standard InChI is InChI=1S/C14H14ClFN2O2S/c1-17-11-3-5-12(6-4-11)21(19,20)18-9-10-2-7-14(16)13(15)8-10/h2-8,17-18H,9H2,1H3. The van der Waals surface area contributed by atoms with Gasteiger partial charge in [-0.3, -0.25) is 0 Å². The predicted octanol–water partition coefficient (Wildman–Crippen LogP) is 3.00. The van der Waals surface area contributed by atoms with Gasteiger partial charge in [-0.1, -0.05) is 17.7 Å². The van der Waals surface area contributed by atoms with E-state index in [0.29, 0.717) is 5.56 Å². The van der Waals surface area contributed by atoms with Crippen LogP contribution in [-0.2, 0) is 16.6 Å². The maximum Gasteiger partial charge on any atom is 0.240 e. The number of halogens is 2. The number of anilines is 1. The topological polar surface area (TPSA) is 58.2 Å². The highest BCUT2D eigenvalue weighted by atomic mass is 35.5. The molecule has 0 aliphatic carbocycles. The predicted molar refractivity (Wildman–Crippen MR) is 81.4 cm³/mol. The zero-order chi connectivity index (χ0) is 15.5. The van der Waals surface area contributed by atoms with E-state index in [1.54, 1.807) is 19.2 Å². The van der Waals surface area contributed by atoms with Crippen LogP contribution >= 0.6 is 11.6 Å². The van der Waals surface area contributed by atoms with Crippen molar-refractivity contribution in [3.8, 4) is 0 Å². The minimum atomic E-state index is -3.62. The Hall–Kier alpha value is -1.63. The van der Waals surface area contributed by atoms with Gasteiger partial charge in [-0.25, -0.2) is 17.5 Å². The van der Waals surface area contributed by atoms with Crippen molar-refractivity contribution in [2.75, 3.05) is 12.4 Å². The Morgan fingerprint density at radius 2 is 1.81 bits per heavy atom. The lowest BCUT2D eigenvalue weighted by molar-refractivity contribution is 0.581. The van der Waals surface area contributed by atoms with Crippen LogP contribution in [0, 0.1) is 5.82 Å². The lowest BCUT2D eigenvalue weighted by Crippen LogP contribution is -2.23. The Labute approximate surface area is 128 Å². The van der Waals surface area contributed by atoms with Gasteiger partial charge in [0.05, 0.1) is 9.92 Å². The number of nitrogens with one attached hydrogen (secondary N) is 2. The number of benzene rings is 2. The molecule has 2 N–H and O–H groups in total. The minimum absolute atomic E-state index is 0.0370. The minimum Gasteiger partial charge on any atom is -0.388 e. The molecule has 0 aliphatic heterocycles. The van der Waals surface area contributed by atoms with Crippen molar-refractivity contribution >= 4 is 27.3 Å². The Morgan fingerprint density at radius 3 is 2.38 bits per heavy atom. The number of rotatable bonds is 5. The first-order valence-corrected chi connectivity index (χ1v) is 8.00. The van der Waals surface area contributed by atoms with Crippen LogP contribution in [0.1, 0.15) is 5.56 Å². The first kappa shape index (κ1) is 15.8. The van der Waals surface area contributed by atoms with Crippen LogP contribution in [0.3, 0.4) is 0 Å². The van der Waals surface area contributed by atoms with Crippen molar-refractivity contribution < 1.29 is 12.8 Å². The van der Waals surface area contributed by atoms with Crippen LogP contribution in [0.5, 0.6) is 0 Å². The third kappa shape index (κ3) is 3.93. The summed E-state index contributed by atoms with van der Waals surface area (Å²) in [5, 5.41) is 2.87. The van der Waals surface area contributed by atoms with Crippen LogP contribution in [0.2, 0.25) is 5.02 Å². The highest BCUT2D eigenvalue weighted by molar-refractivity contribution is 7.89. The molecule has 0 fully saturated rings. The van der Waals surface area contributed by atoms with Gasteiger partial charge in [0.2, 0.25) is 10.0 Å². The summed E-state index contributed by atoms with van der Waals surface area (Å²) < 4.78 is 39.7. The molecule has 0 spiro atoms. The molecule has 0 atom stereocenters. The van der Waals surface area contributed by atoms with Crippen LogP contribution in [0.15, 0.2) is 47.4 Å². The molecular formula is C14H14ClFN2O2S. The van der Waals surface area contributed by atoms with Gasteiger partial charge in [0, 0.05) is 19.3 Å². The van der Waals surface area contributed by atoms with Gasteiger partial charge in [-0.05, 0) is 42.0 Å². The highest BCUT2D eigenvalue weighted by Crippen LogP contribution is 2.17. The Bertz CT molecular complexity index is 733. The Balaban J connectivity index is 2.11. The van der Waals surface area contributed by atoms with E-state index in [9.17, 15) is 12.8 Å². The Morgan fingerprint density at radius 1 is 1.14 bits per heavy atom. The van der Waals surface area contributed by atoms with Gasteiger partial charge in [0.15, 0.2) is 0 Å². The van der Waals surface area contributed by atoms with Gasteiger partial charge < -0.3 is 5.32 Å². The molecule has 0 aromatic heterocycles. The molecule has 0 saturated heterocycles. The van der Waals surface area contributed by atoms with Crippen molar-refractivity contribution in [2.24, 2.45) is 0 Å². The van der Waals surface area contributed by atoms with Crippen molar-refractivity contribution in [1.82, 2.24) is 4.72 Å². The zero-order valence-electron chi connectivity index (χ0n) is 11.2. The second-order valence-electron chi connectivity index (χ2n) is 4.35. The summed E-state index contributed by atoms with van der Waals surface area (Å²) in [7, 11) is -1.87. The second-order valence-corrected chi connectivity index (χ2v) is 6.52. The van der Waals surface area contributed by atoms with Crippen molar-refractivity contribution in [2.45, 2.75) is 11.4 Å². The lowest BCUT2D eigenvalue weighted by Gasteiger charge is -2.08. The number of hydrogen-bond donors (Lipinski definition) is 2. The molecular weight excluding hydrogens is 315 g/mol. The SMILES string of the molecule is CNc1ccc(S(=O)(=O)NCc2ccc(F)c(Cl)c2)cc1. The first-order chi connectivity index (χ1) is 9.92. The first-order valence-electron chi connectivity index (χ1n) is 6.14. The van der Waals surface area contributed by atoms with Crippen molar-refractivity contribution in [3.05, 3.63) is 58.9 Å². The fourth-order valence-electron chi connectivity index (χ4n) is 1.71. The molecule has 0 aliphatic rings. The molecule has 0 bridgehead atoms. The van der Waals surface area contributed by atoms with E-state index in [2.05, 4.69) is 10.0 Å². The van der Waals surface area contributed by atoms with Gasteiger partial charge in [0.25, 0.3) is 0 Å². The van der Waals surface area contributed by atoms with E-state index in [1.165, 1.54) is 30.3 Å². The maximum atomic E-state index is 13.0. The fourth-order valence-corrected chi connectivity index (χ4v) is 2.93. The molecule has 4 nitrogen and oxygen atoms in total. The van der Waals surface area contributed by atoms with E-state index in [0.717, 1.165) is 5.69 Å². The molecule has 2 aromatic carbocycles. The van der Waals surface area contributed by atoms with Crippen LogP contribution in [-0.4, -0.2) is 15.5 Å². The highest BCUT2D eigenvalue weighted by Gasteiger charge is 2.13. The van der Waals surface area contributed by atoms with Crippen LogP contribution in [0.25, 0.3) is 0 Å². The monoisotopic (exact) mass is 328 g/mol. The third-order valence-electron chi connectivity index (χ3n) is 2.90. The lowest BCUT2D eigenvalue weighted by atomic mass is 10.2. The molecule has 0 radical (unpaired) electrons. The molecule has 0 heterocycles. The fraction of sp³-hybridized carbons (Fsp3) is 0.143. The van der Waals surface area contributed by atoms with Crippen molar-refractivity contribution in [1.29, 1.82) is 0 Å². The number of hydrogen-bond acceptors (Lipinski definition) is 3. The largest absolute Gasteiger partial charge is 0.388 e. The second kappa shape index (κ2) is 6.43. The molecule has 2 rings (SSSR count). The van der Waals surface area contributed by atoms with Crippen molar-refractivity contribution in [3.63, 3.8) is 0 Å². The summed E-state index contributed by atoms with van der Waals surface area (Å²) in [5.41, 5.74) is 1.40. The quantitative estimate of drug-likeness (QED) is 0.887. The maximum absolute atomic E-state index is 13.0. The molecule has 0 unspecified atom stereocenters. The Kier molecular flexibility index (Phi) is 4.82. The van der Waals surface area contributed by atoms with Gasteiger partial charge in [-0.15, -0.1) is 0 Å². The van der Waals surface area contributed by atoms with Crippen LogP contribution in [0.4, 0.5) is 10.1 Å². The van der Waals surface area contributed by atoms with Gasteiger partial charge in [0.1, 0.15) is 5.82 Å². The molecule has 2 aromatic rings. The van der Waals surface area contributed by atoms with Crippen LogP contribution < -0.4 is 10.0 Å².